The molecule has 9 heteroatoms. The number of aromatic nitrogens is 2. The van der Waals surface area contributed by atoms with E-state index in [1.165, 1.54) is 45.2 Å². The fourth-order valence-electron chi connectivity index (χ4n) is 5.54. The smallest absolute Gasteiger partial charge is 0.274 e. The number of amides is 2. The standard InChI is InChI=1S/C31H39N5O4.2H2/c1-31(2,3)27-18-28(35-40-27)34-29(37)17-21-9-11-23(12-10-21)33-30(38)25-14-13-24(19-32-25)39-20-22-7-6-16-36-15-5-4-8-26(22)36;;/h9-14,18-19,22,26H,4-8,15-17,20H2,1-3H3,(H,33,38)(H,34,35,37);2*1H/t22-,26+;;/m1../s1. The average Bonchev–Trinajstić information content (AvgIpc) is 3.42. The van der Waals surface area contributed by atoms with Gasteiger partial charge in [-0.15, -0.1) is 0 Å². The van der Waals surface area contributed by atoms with Crippen LogP contribution in [-0.4, -0.2) is 52.6 Å². The predicted octanol–water partition coefficient (Wildman–Crippen LogP) is 5.94. The molecule has 2 saturated heterocycles. The zero-order valence-electron chi connectivity index (χ0n) is 23.6. The normalized spacial score (nSPS) is 19.5. The van der Waals surface area contributed by atoms with Crippen LogP contribution in [0, 0.1) is 5.92 Å². The molecule has 4 heterocycles. The molecule has 0 saturated carbocycles. The summed E-state index contributed by atoms with van der Waals surface area (Å²) in [6.45, 7) is 9.16. The van der Waals surface area contributed by atoms with Gasteiger partial charge in [0.05, 0.1) is 19.2 Å². The number of pyridine rings is 1. The molecule has 40 heavy (non-hydrogen) atoms. The SMILES string of the molecule is CC(C)(C)c1cc(NC(=O)Cc2ccc(NC(=O)c3ccc(OC[C@H]4CCCN5CCCC[C@@H]45)cn3)cc2)no1.[HH].[HH]. The molecule has 216 valence electrons. The molecule has 2 aromatic heterocycles. The Morgan fingerprint density at radius 3 is 2.58 bits per heavy atom. The highest BCUT2D eigenvalue weighted by atomic mass is 16.5. The van der Waals surface area contributed by atoms with Gasteiger partial charge in [-0.25, -0.2) is 4.98 Å². The van der Waals surface area contributed by atoms with E-state index >= 15 is 0 Å². The molecular weight excluding hydrogens is 506 g/mol. The number of nitrogens with zero attached hydrogens (tertiary/aromatic N) is 3. The molecule has 0 radical (unpaired) electrons. The van der Waals surface area contributed by atoms with Crippen molar-refractivity contribution in [2.24, 2.45) is 5.92 Å². The van der Waals surface area contributed by atoms with Crippen molar-refractivity contribution in [3.05, 3.63) is 65.7 Å². The van der Waals surface area contributed by atoms with E-state index in [0.29, 0.717) is 47.3 Å². The minimum Gasteiger partial charge on any atom is -0.492 e. The van der Waals surface area contributed by atoms with Gasteiger partial charge in [-0.2, -0.15) is 0 Å². The quantitative estimate of drug-likeness (QED) is 0.358. The maximum absolute atomic E-state index is 12.7. The number of carbonyl (C=O) groups excluding carboxylic acids is 2. The summed E-state index contributed by atoms with van der Waals surface area (Å²) in [5.74, 6) is 1.84. The number of benzene rings is 1. The van der Waals surface area contributed by atoms with Gasteiger partial charge in [0, 0.05) is 32.0 Å². The molecule has 1 aromatic carbocycles. The van der Waals surface area contributed by atoms with Crippen LogP contribution in [0.1, 0.15) is 77.5 Å². The number of anilines is 2. The molecule has 2 fully saturated rings. The maximum atomic E-state index is 12.7. The number of hydrogen-bond donors (Lipinski definition) is 2. The molecular formula is C31H43N5O4. The Labute approximate surface area is 238 Å². The van der Waals surface area contributed by atoms with Crippen molar-refractivity contribution in [2.45, 2.75) is 70.8 Å². The summed E-state index contributed by atoms with van der Waals surface area (Å²) in [7, 11) is 0. The van der Waals surface area contributed by atoms with Crippen molar-refractivity contribution in [1.29, 1.82) is 0 Å². The molecule has 2 amide bonds. The first-order valence-electron chi connectivity index (χ1n) is 14.2. The first-order valence-corrected chi connectivity index (χ1v) is 14.2. The van der Waals surface area contributed by atoms with E-state index in [2.05, 4.69) is 25.7 Å². The zero-order valence-corrected chi connectivity index (χ0v) is 23.6. The van der Waals surface area contributed by atoms with Gasteiger partial charge in [0.15, 0.2) is 5.82 Å². The monoisotopic (exact) mass is 549 g/mol. The Kier molecular flexibility index (Phi) is 8.49. The second kappa shape index (κ2) is 12.2. The molecule has 2 atom stereocenters. The molecule has 0 unspecified atom stereocenters. The van der Waals surface area contributed by atoms with Crippen LogP contribution < -0.4 is 15.4 Å². The van der Waals surface area contributed by atoms with Crippen molar-refractivity contribution in [3.63, 3.8) is 0 Å². The molecule has 5 rings (SSSR count). The summed E-state index contributed by atoms with van der Waals surface area (Å²) in [6, 6.07) is 13.0. The third kappa shape index (κ3) is 7.07. The van der Waals surface area contributed by atoms with E-state index in [-0.39, 0.29) is 26.5 Å². The Balaban J connectivity index is 0.00000242. The summed E-state index contributed by atoms with van der Waals surface area (Å²) in [6.07, 6.45) is 8.12. The van der Waals surface area contributed by atoms with E-state index < -0.39 is 0 Å². The van der Waals surface area contributed by atoms with Gasteiger partial charge in [0.2, 0.25) is 5.91 Å². The largest absolute Gasteiger partial charge is 0.492 e. The highest BCUT2D eigenvalue weighted by Crippen LogP contribution is 2.31. The molecule has 2 aliphatic heterocycles. The maximum Gasteiger partial charge on any atom is 0.274 e. The number of hydrogen-bond acceptors (Lipinski definition) is 7. The van der Waals surface area contributed by atoms with Gasteiger partial charge < -0.3 is 19.9 Å². The minimum absolute atomic E-state index is 0. The third-order valence-corrected chi connectivity index (χ3v) is 7.76. The van der Waals surface area contributed by atoms with Gasteiger partial charge in [-0.05, 0) is 68.6 Å². The molecule has 0 bridgehead atoms. The van der Waals surface area contributed by atoms with Crippen LogP contribution >= 0.6 is 0 Å². The number of piperidine rings is 2. The molecule has 0 spiro atoms. The van der Waals surface area contributed by atoms with Crippen LogP contribution in [0.2, 0.25) is 0 Å². The highest BCUT2D eigenvalue weighted by molar-refractivity contribution is 6.02. The number of carbonyl (C=O) groups is 2. The lowest BCUT2D eigenvalue weighted by atomic mass is 9.84. The fraction of sp³-hybridized carbons (Fsp3) is 0.484. The second-order valence-corrected chi connectivity index (χ2v) is 11.9. The van der Waals surface area contributed by atoms with E-state index in [9.17, 15) is 9.59 Å². The second-order valence-electron chi connectivity index (χ2n) is 11.9. The molecule has 3 aromatic rings. The van der Waals surface area contributed by atoms with Gasteiger partial charge in [0.25, 0.3) is 5.91 Å². The lowest BCUT2D eigenvalue weighted by Crippen LogP contribution is -2.49. The van der Waals surface area contributed by atoms with Crippen LogP contribution in [0.25, 0.3) is 0 Å². The van der Waals surface area contributed by atoms with E-state index in [1.807, 2.05) is 39.0 Å². The van der Waals surface area contributed by atoms with Gasteiger partial charge in [-0.3, -0.25) is 14.5 Å². The zero-order chi connectivity index (χ0) is 28.1. The van der Waals surface area contributed by atoms with Crippen LogP contribution in [0.3, 0.4) is 0 Å². The van der Waals surface area contributed by atoms with Crippen molar-refractivity contribution < 1.29 is 21.7 Å². The van der Waals surface area contributed by atoms with Crippen LogP contribution in [0.5, 0.6) is 5.75 Å². The Morgan fingerprint density at radius 1 is 1.05 bits per heavy atom. The topological polar surface area (TPSA) is 110 Å². The van der Waals surface area contributed by atoms with E-state index in [4.69, 9.17) is 9.26 Å². The molecule has 2 N–H and O–H groups in total. The summed E-state index contributed by atoms with van der Waals surface area (Å²) in [5, 5.41) is 9.54. The first kappa shape index (κ1) is 27.8. The summed E-state index contributed by atoms with van der Waals surface area (Å²) >= 11 is 0. The fourth-order valence-corrected chi connectivity index (χ4v) is 5.54. The van der Waals surface area contributed by atoms with Crippen molar-refractivity contribution >= 4 is 23.3 Å². The predicted molar refractivity (Wildman–Crippen MR) is 158 cm³/mol. The Bertz CT molecular complexity index is 1310. The molecule has 2 aliphatic rings. The number of ether oxygens (including phenoxy) is 1. The van der Waals surface area contributed by atoms with Crippen LogP contribution in [0.15, 0.2) is 53.2 Å². The van der Waals surface area contributed by atoms with Gasteiger partial charge in [0.1, 0.15) is 17.2 Å². The van der Waals surface area contributed by atoms with Crippen LogP contribution in [0.4, 0.5) is 11.5 Å². The number of nitrogens with one attached hydrogen (secondary N) is 2. The molecule has 0 aliphatic carbocycles. The minimum atomic E-state index is -0.303. The summed E-state index contributed by atoms with van der Waals surface area (Å²) in [5.41, 5.74) is 1.56. The number of rotatable bonds is 8. The lowest BCUT2D eigenvalue weighted by Gasteiger charge is -2.44. The lowest BCUT2D eigenvalue weighted by molar-refractivity contribution is -0.115. The van der Waals surface area contributed by atoms with E-state index in [0.717, 1.165) is 5.56 Å². The number of fused-ring (bicyclic) bond motifs is 1. The Morgan fingerprint density at radius 2 is 1.85 bits per heavy atom. The van der Waals surface area contributed by atoms with Gasteiger partial charge in [-0.1, -0.05) is 44.5 Å². The third-order valence-electron chi connectivity index (χ3n) is 7.76. The first-order chi connectivity index (χ1) is 19.2. The summed E-state index contributed by atoms with van der Waals surface area (Å²) in [4.78, 5) is 32.1. The van der Waals surface area contributed by atoms with E-state index in [1.54, 1.807) is 30.5 Å². The summed E-state index contributed by atoms with van der Waals surface area (Å²) < 4.78 is 11.4. The van der Waals surface area contributed by atoms with Crippen molar-refractivity contribution in [1.82, 2.24) is 15.0 Å². The van der Waals surface area contributed by atoms with Crippen molar-refractivity contribution in [2.75, 3.05) is 30.3 Å². The van der Waals surface area contributed by atoms with Crippen molar-refractivity contribution in [3.8, 4) is 5.75 Å². The Hall–Kier alpha value is -3.72. The molecule has 9 nitrogen and oxygen atoms in total. The van der Waals surface area contributed by atoms with Crippen LogP contribution in [-0.2, 0) is 16.6 Å². The van der Waals surface area contributed by atoms with Gasteiger partial charge >= 0.3 is 0 Å². The average molecular weight is 550 g/mol. The highest BCUT2D eigenvalue weighted by Gasteiger charge is 2.33.